The Morgan fingerprint density at radius 3 is 2.76 bits per heavy atom. The standard InChI is InChI=1S/C17H12ClFO2/c1-10-3-2-4-12-8-16(21-17(10)12)15(20)7-11-5-6-13(19)9-14(11)18/h2-6,8-9H,7H2,1H3. The molecule has 4 heteroatoms. The van der Waals surface area contributed by atoms with E-state index in [2.05, 4.69) is 0 Å². The molecule has 1 heterocycles. The maximum Gasteiger partial charge on any atom is 0.202 e. The van der Waals surface area contributed by atoms with E-state index in [1.807, 2.05) is 25.1 Å². The Labute approximate surface area is 126 Å². The van der Waals surface area contributed by atoms with E-state index in [9.17, 15) is 9.18 Å². The van der Waals surface area contributed by atoms with Crippen molar-refractivity contribution in [3.63, 3.8) is 0 Å². The number of furan rings is 1. The number of rotatable bonds is 3. The Balaban J connectivity index is 1.92. The Morgan fingerprint density at radius 1 is 1.24 bits per heavy atom. The fraction of sp³-hybridized carbons (Fsp3) is 0.118. The second kappa shape index (κ2) is 5.34. The van der Waals surface area contributed by atoms with Gasteiger partial charge >= 0.3 is 0 Å². The van der Waals surface area contributed by atoms with Gasteiger partial charge in [-0.15, -0.1) is 0 Å². The number of hydrogen-bond acceptors (Lipinski definition) is 2. The van der Waals surface area contributed by atoms with Crippen LogP contribution in [0.4, 0.5) is 4.39 Å². The van der Waals surface area contributed by atoms with Gasteiger partial charge in [-0.2, -0.15) is 0 Å². The van der Waals surface area contributed by atoms with E-state index in [4.69, 9.17) is 16.0 Å². The molecule has 0 atom stereocenters. The second-order valence-electron chi connectivity index (χ2n) is 4.94. The molecular formula is C17H12ClFO2. The van der Waals surface area contributed by atoms with Crippen molar-refractivity contribution in [2.45, 2.75) is 13.3 Å². The summed E-state index contributed by atoms with van der Waals surface area (Å²) in [6.07, 6.45) is 0.0813. The molecule has 0 saturated heterocycles. The number of carbonyl (C=O) groups excluding carboxylic acids is 1. The lowest BCUT2D eigenvalue weighted by Crippen LogP contribution is -2.02. The summed E-state index contributed by atoms with van der Waals surface area (Å²) in [7, 11) is 0. The summed E-state index contributed by atoms with van der Waals surface area (Å²) in [6, 6.07) is 11.5. The summed E-state index contributed by atoms with van der Waals surface area (Å²) in [5.74, 6) is -0.311. The maximum atomic E-state index is 13.0. The number of fused-ring (bicyclic) bond motifs is 1. The van der Waals surface area contributed by atoms with Crippen molar-refractivity contribution in [1.29, 1.82) is 0 Å². The van der Waals surface area contributed by atoms with Gasteiger partial charge in [-0.1, -0.05) is 35.9 Å². The van der Waals surface area contributed by atoms with Crippen LogP contribution >= 0.6 is 11.6 Å². The van der Waals surface area contributed by atoms with Crippen LogP contribution in [-0.2, 0) is 6.42 Å². The highest BCUT2D eigenvalue weighted by Crippen LogP contribution is 2.25. The average Bonchev–Trinajstić information content (AvgIpc) is 2.87. The molecule has 2 aromatic carbocycles. The largest absolute Gasteiger partial charge is 0.453 e. The predicted octanol–water partition coefficient (Wildman–Crippen LogP) is 4.96. The lowest BCUT2D eigenvalue weighted by atomic mass is 10.1. The van der Waals surface area contributed by atoms with Crippen LogP contribution in [-0.4, -0.2) is 5.78 Å². The second-order valence-corrected chi connectivity index (χ2v) is 5.35. The fourth-order valence-electron chi connectivity index (χ4n) is 2.27. The molecule has 0 fully saturated rings. The first-order chi connectivity index (χ1) is 10.0. The molecule has 0 radical (unpaired) electrons. The SMILES string of the molecule is Cc1cccc2cc(C(=O)Cc3ccc(F)cc3Cl)oc12. The first kappa shape index (κ1) is 13.8. The first-order valence-corrected chi connectivity index (χ1v) is 6.88. The number of benzene rings is 2. The van der Waals surface area contributed by atoms with E-state index in [1.54, 1.807) is 6.07 Å². The highest BCUT2D eigenvalue weighted by molar-refractivity contribution is 6.31. The zero-order chi connectivity index (χ0) is 15.0. The summed E-state index contributed by atoms with van der Waals surface area (Å²) >= 11 is 5.94. The summed E-state index contributed by atoms with van der Waals surface area (Å²) in [5.41, 5.74) is 2.28. The normalized spacial score (nSPS) is 11.0. The molecule has 0 amide bonds. The van der Waals surface area contributed by atoms with Crippen LogP contribution in [0.15, 0.2) is 46.9 Å². The molecule has 0 aliphatic heterocycles. The Morgan fingerprint density at radius 2 is 2.05 bits per heavy atom. The Kier molecular flexibility index (Phi) is 3.52. The zero-order valence-electron chi connectivity index (χ0n) is 11.3. The summed E-state index contributed by atoms with van der Waals surface area (Å²) in [5, 5.41) is 1.14. The summed E-state index contributed by atoms with van der Waals surface area (Å²) < 4.78 is 18.6. The Bertz CT molecular complexity index is 836. The smallest absolute Gasteiger partial charge is 0.202 e. The van der Waals surface area contributed by atoms with Crippen molar-refractivity contribution in [3.8, 4) is 0 Å². The monoisotopic (exact) mass is 302 g/mol. The topological polar surface area (TPSA) is 30.2 Å². The highest BCUT2D eigenvalue weighted by Gasteiger charge is 2.15. The molecular weight excluding hydrogens is 291 g/mol. The fourth-order valence-corrected chi connectivity index (χ4v) is 2.51. The Hall–Kier alpha value is -2.13. The van der Waals surface area contributed by atoms with Crippen LogP contribution in [0, 0.1) is 12.7 Å². The van der Waals surface area contributed by atoms with Gasteiger partial charge in [0.25, 0.3) is 0 Å². The average molecular weight is 303 g/mol. The third-order valence-corrected chi connectivity index (χ3v) is 3.73. The quantitative estimate of drug-likeness (QED) is 0.640. The van der Waals surface area contributed by atoms with Crippen molar-refractivity contribution in [1.82, 2.24) is 0 Å². The number of ketones is 1. The van der Waals surface area contributed by atoms with Gasteiger partial charge in [0, 0.05) is 16.8 Å². The zero-order valence-corrected chi connectivity index (χ0v) is 12.1. The van der Waals surface area contributed by atoms with Crippen LogP contribution in [0.25, 0.3) is 11.0 Å². The molecule has 21 heavy (non-hydrogen) atoms. The van der Waals surface area contributed by atoms with Crippen LogP contribution in [0.5, 0.6) is 0 Å². The molecule has 0 N–H and O–H groups in total. The lowest BCUT2D eigenvalue weighted by molar-refractivity contribution is 0.0968. The first-order valence-electron chi connectivity index (χ1n) is 6.51. The molecule has 3 aromatic rings. The number of aryl methyl sites for hydroxylation is 1. The van der Waals surface area contributed by atoms with Gasteiger partial charge in [0.15, 0.2) is 5.76 Å². The highest BCUT2D eigenvalue weighted by atomic mass is 35.5. The number of carbonyl (C=O) groups is 1. The molecule has 2 nitrogen and oxygen atoms in total. The van der Waals surface area contributed by atoms with Gasteiger partial charge < -0.3 is 4.42 Å². The summed E-state index contributed by atoms with van der Waals surface area (Å²) in [6.45, 7) is 1.93. The molecule has 0 spiro atoms. The number of halogens is 2. The van der Waals surface area contributed by atoms with Crippen molar-refractivity contribution >= 4 is 28.4 Å². The van der Waals surface area contributed by atoms with Gasteiger partial charge in [0.05, 0.1) is 0 Å². The van der Waals surface area contributed by atoms with E-state index < -0.39 is 5.82 Å². The minimum atomic E-state index is -0.421. The van der Waals surface area contributed by atoms with Crippen molar-refractivity contribution in [2.75, 3.05) is 0 Å². The molecule has 3 rings (SSSR count). The van der Waals surface area contributed by atoms with Crippen molar-refractivity contribution < 1.29 is 13.6 Å². The molecule has 0 aliphatic carbocycles. The minimum absolute atomic E-state index is 0.0813. The molecule has 0 aliphatic rings. The van der Waals surface area contributed by atoms with E-state index in [0.717, 1.165) is 10.9 Å². The number of Topliss-reactive ketones (excluding diaryl/α,β-unsaturated/α-hetero) is 1. The van der Waals surface area contributed by atoms with E-state index >= 15 is 0 Å². The van der Waals surface area contributed by atoms with Crippen LogP contribution in [0.2, 0.25) is 5.02 Å². The van der Waals surface area contributed by atoms with E-state index in [0.29, 0.717) is 16.9 Å². The third-order valence-electron chi connectivity index (χ3n) is 3.38. The molecule has 1 aromatic heterocycles. The predicted molar refractivity (Wildman–Crippen MR) is 80.4 cm³/mol. The van der Waals surface area contributed by atoms with Gasteiger partial charge in [0.2, 0.25) is 5.78 Å². The minimum Gasteiger partial charge on any atom is -0.453 e. The van der Waals surface area contributed by atoms with Gasteiger partial charge in [-0.05, 0) is 36.2 Å². The lowest BCUT2D eigenvalue weighted by Gasteiger charge is -2.02. The molecule has 106 valence electrons. The van der Waals surface area contributed by atoms with Gasteiger partial charge in [0.1, 0.15) is 11.4 Å². The van der Waals surface area contributed by atoms with Crippen LogP contribution < -0.4 is 0 Å². The number of hydrogen-bond donors (Lipinski definition) is 0. The van der Waals surface area contributed by atoms with Crippen molar-refractivity contribution in [3.05, 3.63) is 70.2 Å². The van der Waals surface area contributed by atoms with E-state index in [1.165, 1.54) is 18.2 Å². The molecule has 0 saturated carbocycles. The van der Waals surface area contributed by atoms with Crippen molar-refractivity contribution in [2.24, 2.45) is 0 Å². The van der Waals surface area contributed by atoms with Gasteiger partial charge in [-0.3, -0.25) is 4.79 Å². The van der Waals surface area contributed by atoms with Crippen LogP contribution in [0.1, 0.15) is 21.7 Å². The van der Waals surface area contributed by atoms with E-state index in [-0.39, 0.29) is 17.2 Å². The van der Waals surface area contributed by atoms with Gasteiger partial charge in [-0.25, -0.2) is 4.39 Å². The summed E-state index contributed by atoms with van der Waals surface area (Å²) in [4.78, 5) is 12.3. The molecule has 0 unspecified atom stereocenters. The van der Waals surface area contributed by atoms with Crippen LogP contribution in [0.3, 0.4) is 0 Å². The number of para-hydroxylation sites is 1. The maximum absolute atomic E-state index is 13.0. The third kappa shape index (κ3) is 2.69. The molecule has 0 bridgehead atoms.